The van der Waals surface area contributed by atoms with Crippen LogP contribution in [0.2, 0.25) is 0 Å². The normalized spacial score (nSPS) is 33.0. The smallest absolute Gasteiger partial charge is 0.0728 e. The molecule has 1 saturated carbocycles. The molecule has 1 atom stereocenters. The van der Waals surface area contributed by atoms with Crippen LogP contribution in [-0.4, -0.2) is 25.8 Å². The van der Waals surface area contributed by atoms with Crippen molar-refractivity contribution in [1.29, 1.82) is 0 Å². The van der Waals surface area contributed by atoms with Gasteiger partial charge in [0.1, 0.15) is 0 Å². The van der Waals surface area contributed by atoms with Crippen molar-refractivity contribution in [2.75, 3.05) is 19.7 Å². The lowest BCUT2D eigenvalue weighted by Gasteiger charge is -2.22. The molecule has 3 heteroatoms. The molecule has 0 amide bonds. The molecular formula is C7H14ClNO. The predicted octanol–water partition coefficient (Wildman–Crippen LogP) is 0.807. The third kappa shape index (κ3) is 1.84. The molecule has 1 aliphatic carbocycles. The highest BCUT2D eigenvalue weighted by Gasteiger charge is 2.32. The number of morpholine rings is 1. The van der Waals surface area contributed by atoms with E-state index in [4.69, 9.17) is 4.74 Å². The van der Waals surface area contributed by atoms with Crippen molar-refractivity contribution in [2.45, 2.75) is 18.9 Å². The van der Waals surface area contributed by atoms with E-state index in [2.05, 4.69) is 5.32 Å². The van der Waals surface area contributed by atoms with E-state index in [9.17, 15) is 0 Å². The minimum Gasteiger partial charge on any atom is -0.375 e. The summed E-state index contributed by atoms with van der Waals surface area (Å²) in [6.45, 7) is 3.05. The maximum Gasteiger partial charge on any atom is 0.0728 e. The Kier molecular flexibility index (Phi) is 2.96. The first-order valence-corrected chi connectivity index (χ1v) is 3.79. The van der Waals surface area contributed by atoms with E-state index in [0.29, 0.717) is 6.10 Å². The first-order chi connectivity index (χ1) is 4.47. The Morgan fingerprint density at radius 3 is 2.60 bits per heavy atom. The molecule has 1 saturated heterocycles. The van der Waals surface area contributed by atoms with Crippen molar-refractivity contribution in [2.24, 2.45) is 5.92 Å². The van der Waals surface area contributed by atoms with Crippen molar-refractivity contribution < 1.29 is 4.74 Å². The van der Waals surface area contributed by atoms with Crippen LogP contribution in [0.3, 0.4) is 0 Å². The number of rotatable bonds is 1. The lowest BCUT2D eigenvalue weighted by Crippen LogP contribution is -2.39. The molecule has 2 aliphatic rings. The first kappa shape index (κ1) is 8.31. The SMILES string of the molecule is C1CO[C@@H](C2CC2)CN1.Cl. The Hall–Kier alpha value is 0.210. The minimum absolute atomic E-state index is 0. The molecule has 0 bridgehead atoms. The van der Waals surface area contributed by atoms with Gasteiger partial charge in [0.2, 0.25) is 0 Å². The van der Waals surface area contributed by atoms with Crippen LogP contribution >= 0.6 is 12.4 Å². The van der Waals surface area contributed by atoms with Crippen molar-refractivity contribution >= 4 is 12.4 Å². The van der Waals surface area contributed by atoms with Gasteiger partial charge in [-0.15, -0.1) is 12.4 Å². The standard InChI is InChI=1S/C7H13NO.ClH/c1-2-6(1)7-5-8-3-4-9-7;/h6-8H,1-5H2;1H/t7-;/m1./s1. The molecular weight excluding hydrogens is 150 g/mol. The van der Waals surface area contributed by atoms with Crippen LogP contribution in [0.1, 0.15) is 12.8 Å². The summed E-state index contributed by atoms with van der Waals surface area (Å²) >= 11 is 0. The second-order valence-corrected chi connectivity index (χ2v) is 2.95. The van der Waals surface area contributed by atoms with Crippen LogP contribution in [0.4, 0.5) is 0 Å². The van der Waals surface area contributed by atoms with Gasteiger partial charge in [0.05, 0.1) is 12.7 Å². The lowest BCUT2D eigenvalue weighted by molar-refractivity contribution is 0.0149. The van der Waals surface area contributed by atoms with E-state index in [1.165, 1.54) is 12.8 Å². The second kappa shape index (κ2) is 3.56. The van der Waals surface area contributed by atoms with Gasteiger partial charge < -0.3 is 10.1 Å². The maximum absolute atomic E-state index is 5.54. The number of hydrogen-bond acceptors (Lipinski definition) is 2. The van der Waals surface area contributed by atoms with Gasteiger partial charge in [0.15, 0.2) is 0 Å². The zero-order valence-electron chi connectivity index (χ0n) is 6.01. The molecule has 0 aromatic rings. The number of nitrogens with one attached hydrogen (secondary N) is 1. The zero-order valence-corrected chi connectivity index (χ0v) is 6.82. The average molecular weight is 164 g/mol. The monoisotopic (exact) mass is 163 g/mol. The summed E-state index contributed by atoms with van der Waals surface area (Å²) in [7, 11) is 0. The highest BCUT2D eigenvalue weighted by atomic mass is 35.5. The highest BCUT2D eigenvalue weighted by molar-refractivity contribution is 5.85. The van der Waals surface area contributed by atoms with Crippen molar-refractivity contribution in [3.8, 4) is 0 Å². The van der Waals surface area contributed by atoms with Crippen molar-refractivity contribution in [1.82, 2.24) is 5.32 Å². The maximum atomic E-state index is 5.54. The van der Waals surface area contributed by atoms with Gasteiger partial charge in [0, 0.05) is 13.1 Å². The van der Waals surface area contributed by atoms with Gasteiger partial charge in [-0.25, -0.2) is 0 Å². The van der Waals surface area contributed by atoms with E-state index >= 15 is 0 Å². The van der Waals surface area contributed by atoms with E-state index in [1.807, 2.05) is 0 Å². The Morgan fingerprint density at radius 2 is 2.10 bits per heavy atom. The van der Waals surface area contributed by atoms with Crippen LogP contribution in [0.25, 0.3) is 0 Å². The molecule has 60 valence electrons. The molecule has 10 heavy (non-hydrogen) atoms. The fourth-order valence-corrected chi connectivity index (χ4v) is 1.36. The van der Waals surface area contributed by atoms with Crippen LogP contribution in [0.5, 0.6) is 0 Å². The molecule has 0 radical (unpaired) electrons. The third-order valence-corrected chi connectivity index (χ3v) is 2.10. The summed E-state index contributed by atoms with van der Waals surface area (Å²) < 4.78 is 5.54. The Labute approximate surface area is 67.7 Å². The number of hydrogen-bond donors (Lipinski definition) is 1. The zero-order chi connectivity index (χ0) is 6.10. The molecule has 1 aliphatic heterocycles. The van der Waals surface area contributed by atoms with Gasteiger partial charge in [-0.05, 0) is 18.8 Å². The topological polar surface area (TPSA) is 21.3 Å². The Bertz CT molecular complexity index is 99.8. The van der Waals surface area contributed by atoms with Gasteiger partial charge in [-0.1, -0.05) is 0 Å². The van der Waals surface area contributed by atoms with Gasteiger partial charge in [-0.3, -0.25) is 0 Å². The summed E-state index contributed by atoms with van der Waals surface area (Å²) in [5.74, 6) is 0.901. The van der Waals surface area contributed by atoms with E-state index in [0.717, 1.165) is 25.6 Å². The lowest BCUT2D eigenvalue weighted by atomic mass is 10.2. The number of halogens is 1. The predicted molar refractivity (Wildman–Crippen MR) is 42.6 cm³/mol. The molecule has 2 fully saturated rings. The Morgan fingerprint density at radius 1 is 1.30 bits per heavy atom. The first-order valence-electron chi connectivity index (χ1n) is 3.79. The second-order valence-electron chi connectivity index (χ2n) is 2.95. The molecule has 0 aromatic heterocycles. The molecule has 0 spiro atoms. The molecule has 2 nitrogen and oxygen atoms in total. The summed E-state index contributed by atoms with van der Waals surface area (Å²) in [6, 6.07) is 0. The van der Waals surface area contributed by atoms with Gasteiger partial charge >= 0.3 is 0 Å². The Balaban J connectivity index is 0.000000500. The highest BCUT2D eigenvalue weighted by Crippen LogP contribution is 2.34. The molecule has 2 rings (SSSR count). The van der Waals surface area contributed by atoms with Crippen molar-refractivity contribution in [3.05, 3.63) is 0 Å². The fourth-order valence-electron chi connectivity index (χ4n) is 1.36. The summed E-state index contributed by atoms with van der Waals surface area (Å²) in [6.07, 6.45) is 3.34. The summed E-state index contributed by atoms with van der Waals surface area (Å²) in [5.41, 5.74) is 0. The summed E-state index contributed by atoms with van der Waals surface area (Å²) in [4.78, 5) is 0. The van der Waals surface area contributed by atoms with Crippen LogP contribution < -0.4 is 5.32 Å². The minimum atomic E-state index is 0. The van der Waals surface area contributed by atoms with Gasteiger partial charge in [-0.2, -0.15) is 0 Å². The fraction of sp³-hybridized carbons (Fsp3) is 1.00. The third-order valence-electron chi connectivity index (χ3n) is 2.10. The van der Waals surface area contributed by atoms with Crippen LogP contribution in [0, 0.1) is 5.92 Å². The van der Waals surface area contributed by atoms with E-state index in [1.54, 1.807) is 0 Å². The van der Waals surface area contributed by atoms with E-state index in [-0.39, 0.29) is 12.4 Å². The van der Waals surface area contributed by atoms with E-state index < -0.39 is 0 Å². The quantitative estimate of drug-likeness (QED) is 0.618. The molecule has 0 unspecified atom stereocenters. The van der Waals surface area contributed by atoms with Crippen molar-refractivity contribution in [3.63, 3.8) is 0 Å². The molecule has 0 aromatic carbocycles. The average Bonchev–Trinajstić information content (AvgIpc) is 2.71. The van der Waals surface area contributed by atoms with Crippen LogP contribution in [0.15, 0.2) is 0 Å². The largest absolute Gasteiger partial charge is 0.375 e. The molecule has 1 heterocycles. The van der Waals surface area contributed by atoms with Crippen LogP contribution in [-0.2, 0) is 4.74 Å². The van der Waals surface area contributed by atoms with Gasteiger partial charge in [0.25, 0.3) is 0 Å². The summed E-state index contributed by atoms with van der Waals surface area (Å²) in [5, 5.41) is 3.33. The molecule has 1 N–H and O–H groups in total. The number of ether oxygens (including phenoxy) is 1.